The number of hydrogen-bond donors (Lipinski definition) is 0. The van der Waals surface area contributed by atoms with Crippen LogP contribution in [-0.4, -0.2) is 23.6 Å². The Labute approximate surface area is 78.3 Å². The molecule has 1 heterocycles. The van der Waals surface area contributed by atoms with Crippen LogP contribution in [0.1, 0.15) is 23.8 Å². The highest BCUT2D eigenvalue weighted by molar-refractivity contribution is 5.95. The normalized spacial score (nSPS) is 10.3. The van der Waals surface area contributed by atoms with Gasteiger partial charge in [0.15, 0.2) is 0 Å². The van der Waals surface area contributed by atoms with E-state index in [2.05, 4.69) is 0 Å². The number of carbonyl (C=O) groups is 1. The van der Waals surface area contributed by atoms with Crippen molar-refractivity contribution >= 4 is 5.78 Å². The summed E-state index contributed by atoms with van der Waals surface area (Å²) in [6.45, 7) is 2.86. The molecule has 0 unspecified atom stereocenters. The van der Waals surface area contributed by atoms with Crippen LogP contribution in [-0.2, 0) is 11.8 Å². The van der Waals surface area contributed by atoms with E-state index < -0.39 is 0 Å². The van der Waals surface area contributed by atoms with Crippen molar-refractivity contribution in [1.29, 1.82) is 0 Å². The van der Waals surface area contributed by atoms with Gasteiger partial charge in [-0.25, -0.2) is 0 Å². The summed E-state index contributed by atoms with van der Waals surface area (Å²) < 4.78 is 6.96. The van der Waals surface area contributed by atoms with Crippen LogP contribution in [0.15, 0.2) is 18.3 Å². The third kappa shape index (κ3) is 2.70. The van der Waals surface area contributed by atoms with Crippen molar-refractivity contribution in [3.63, 3.8) is 0 Å². The molecule has 72 valence electrons. The third-order valence-corrected chi connectivity index (χ3v) is 1.81. The summed E-state index contributed by atoms with van der Waals surface area (Å²) in [7, 11) is 1.85. The summed E-state index contributed by atoms with van der Waals surface area (Å²) in [4.78, 5) is 11.5. The van der Waals surface area contributed by atoms with Crippen molar-refractivity contribution in [2.75, 3.05) is 13.2 Å². The molecule has 0 fully saturated rings. The van der Waals surface area contributed by atoms with Crippen molar-refractivity contribution in [1.82, 2.24) is 4.57 Å². The topological polar surface area (TPSA) is 31.2 Å². The number of aryl methyl sites for hydroxylation is 1. The van der Waals surface area contributed by atoms with Crippen molar-refractivity contribution < 1.29 is 9.53 Å². The van der Waals surface area contributed by atoms with E-state index in [1.54, 1.807) is 10.6 Å². The molecule has 0 atom stereocenters. The Kier molecular flexibility index (Phi) is 3.71. The molecule has 13 heavy (non-hydrogen) atoms. The fraction of sp³-hybridized carbons (Fsp3) is 0.500. The molecule has 0 aliphatic rings. The highest BCUT2D eigenvalue weighted by atomic mass is 16.5. The zero-order valence-corrected chi connectivity index (χ0v) is 8.12. The number of rotatable bonds is 5. The van der Waals surface area contributed by atoms with Gasteiger partial charge in [0.2, 0.25) is 5.78 Å². The fourth-order valence-corrected chi connectivity index (χ4v) is 1.13. The molecule has 1 rings (SSSR count). The van der Waals surface area contributed by atoms with Gasteiger partial charge in [0, 0.05) is 19.9 Å². The number of ether oxygens (including phenoxy) is 1. The zero-order chi connectivity index (χ0) is 9.68. The van der Waals surface area contributed by atoms with Gasteiger partial charge >= 0.3 is 0 Å². The Bertz CT molecular complexity index is 278. The van der Waals surface area contributed by atoms with Crippen LogP contribution >= 0.6 is 0 Å². The van der Waals surface area contributed by atoms with Crippen molar-refractivity contribution in [2.45, 2.75) is 13.3 Å². The SMILES string of the molecule is CCCOCC(=O)c1cccn1C. The zero-order valence-electron chi connectivity index (χ0n) is 8.12. The van der Waals surface area contributed by atoms with E-state index in [1.807, 2.05) is 26.2 Å². The van der Waals surface area contributed by atoms with Gasteiger partial charge in [-0.2, -0.15) is 0 Å². The molecular formula is C10H15NO2. The molecule has 0 saturated heterocycles. The molecule has 1 aromatic heterocycles. The number of carbonyl (C=O) groups excluding carboxylic acids is 1. The van der Waals surface area contributed by atoms with Crippen LogP contribution < -0.4 is 0 Å². The molecule has 3 heteroatoms. The smallest absolute Gasteiger partial charge is 0.204 e. The molecule has 0 aromatic carbocycles. The lowest BCUT2D eigenvalue weighted by molar-refractivity contribution is 0.0753. The Balaban J connectivity index is 2.45. The first-order valence-electron chi connectivity index (χ1n) is 4.48. The lowest BCUT2D eigenvalue weighted by Crippen LogP contribution is -2.12. The van der Waals surface area contributed by atoms with Crippen LogP contribution in [0.5, 0.6) is 0 Å². The maximum absolute atomic E-state index is 11.5. The Morgan fingerprint density at radius 1 is 1.62 bits per heavy atom. The van der Waals surface area contributed by atoms with Crippen LogP contribution in [0.4, 0.5) is 0 Å². The minimum Gasteiger partial charge on any atom is -0.373 e. The van der Waals surface area contributed by atoms with Crippen molar-refractivity contribution in [3.8, 4) is 0 Å². The second-order valence-electron chi connectivity index (χ2n) is 2.98. The lowest BCUT2D eigenvalue weighted by atomic mass is 10.3. The molecule has 0 N–H and O–H groups in total. The molecule has 1 aromatic rings. The van der Waals surface area contributed by atoms with Gasteiger partial charge in [-0.05, 0) is 18.6 Å². The van der Waals surface area contributed by atoms with Crippen molar-refractivity contribution in [3.05, 3.63) is 24.0 Å². The van der Waals surface area contributed by atoms with E-state index >= 15 is 0 Å². The summed E-state index contributed by atoms with van der Waals surface area (Å²) in [5.74, 6) is 0.0425. The van der Waals surface area contributed by atoms with E-state index in [1.165, 1.54) is 0 Å². The number of aromatic nitrogens is 1. The second-order valence-corrected chi connectivity index (χ2v) is 2.98. The van der Waals surface area contributed by atoms with Crippen LogP contribution in [0, 0.1) is 0 Å². The first kappa shape index (κ1) is 9.99. The van der Waals surface area contributed by atoms with Gasteiger partial charge in [0.1, 0.15) is 6.61 Å². The maximum atomic E-state index is 11.5. The summed E-state index contributed by atoms with van der Waals surface area (Å²) in [5.41, 5.74) is 0.705. The van der Waals surface area contributed by atoms with Crippen LogP contribution in [0.2, 0.25) is 0 Å². The number of ketones is 1. The lowest BCUT2D eigenvalue weighted by Gasteiger charge is -2.02. The van der Waals surface area contributed by atoms with Gasteiger partial charge in [-0.3, -0.25) is 4.79 Å². The second kappa shape index (κ2) is 4.82. The van der Waals surface area contributed by atoms with Crippen molar-refractivity contribution in [2.24, 2.45) is 7.05 Å². The van der Waals surface area contributed by atoms with E-state index in [4.69, 9.17) is 4.74 Å². The summed E-state index contributed by atoms with van der Waals surface area (Å²) >= 11 is 0. The predicted octanol–water partition coefficient (Wildman–Crippen LogP) is 1.63. The van der Waals surface area contributed by atoms with E-state index in [0.29, 0.717) is 12.3 Å². The van der Waals surface area contributed by atoms with Gasteiger partial charge in [0.05, 0.1) is 5.69 Å². The highest BCUT2D eigenvalue weighted by Gasteiger charge is 2.07. The molecule has 0 aliphatic heterocycles. The Hall–Kier alpha value is -1.09. The first-order valence-corrected chi connectivity index (χ1v) is 4.48. The van der Waals surface area contributed by atoms with Crippen LogP contribution in [0.3, 0.4) is 0 Å². The molecule has 0 amide bonds. The maximum Gasteiger partial charge on any atom is 0.204 e. The molecular weight excluding hydrogens is 166 g/mol. The molecule has 3 nitrogen and oxygen atoms in total. The van der Waals surface area contributed by atoms with Gasteiger partial charge in [0.25, 0.3) is 0 Å². The first-order chi connectivity index (χ1) is 6.25. The average molecular weight is 181 g/mol. The quantitative estimate of drug-likeness (QED) is 0.510. The molecule has 0 saturated carbocycles. The number of Topliss-reactive ketones (excluding diaryl/α,β-unsaturated/α-hetero) is 1. The average Bonchev–Trinajstić information content (AvgIpc) is 2.52. The van der Waals surface area contributed by atoms with E-state index in [0.717, 1.165) is 6.42 Å². The van der Waals surface area contributed by atoms with Gasteiger partial charge in [-0.1, -0.05) is 6.92 Å². The van der Waals surface area contributed by atoms with E-state index in [-0.39, 0.29) is 12.4 Å². The summed E-state index contributed by atoms with van der Waals surface area (Å²) in [5, 5.41) is 0. The minimum atomic E-state index is 0.0425. The number of nitrogens with zero attached hydrogens (tertiary/aromatic N) is 1. The summed E-state index contributed by atoms with van der Waals surface area (Å²) in [6.07, 6.45) is 2.80. The van der Waals surface area contributed by atoms with E-state index in [9.17, 15) is 4.79 Å². The molecule has 0 aliphatic carbocycles. The highest BCUT2D eigenvalue weighted by Crippen LogP contribution is 2.01. The van der Waals surface area contributed by atoms with Crippen LogP contribution in [0.25, 0.3) is 0 Å². The standard InChI is InChI=1S/C10H15NO2/c1-3-7-13-8-10(12)9-5-4-6-11(9)2/h4-6H,3,7-8H2,1-2H3. The predicted molar refractivity (Wildman–Crippen MR) is 50.9 cm³/mol. The largest absolute Gasteiger partial charge is 0.373 e. The number of hydrogen-bond acceptors (Lipinski definition) is 2. The minimum absolute atomic E-state index is 0.0425. The molecule has 0 bridgehead atoms. The van der Waals surface area contributed by atoms with Gasteiger partial charge in [-0.15, -0.1) is 0 Å². The molecule has 0 radical (unpaired) electrons. The Morgan fingerprint density at radius 3 is 2.92 bits per heavy atom. The fourth-order valence-electron chi connectivity index (χ4n) is 1.13. The van der Waals surface area contributed by atoms with Gasteiger partial charge < -0.3 is 9.30 Å². The monoisotopic (exact) mass is 181 g/mol. The Morgan fingerprint density at radius 2 is 2.38 bits per heavy atom. The summed E-state index contributed by atoms with van der Waals surface area (Å²) in [6, 6.07) is 3.66. The molecule has 0 spiro atoms. The third-order valence-electron chi connectivity index (χ3n) is 1.81.